The van der Waals surface area contributed by atoms with Crippen LogP contribution < -0.4 is 11.3 Å². The van der Waals surface area contributed by atoms with Crippen molar-refractivity contribution in [2.75, 3.05) is 0 Å². The van der Waals surface area contributed by atoms with Crippen molar-refractivity contribution in [1.82, 2.24) is 5.43 Å². The number of nitrogens with two attached hydrogens (primary N) is 1. The zero-order valence-electron chi connectivity index (χ0n) is 10.3. The number of hydrogen-bond acceptors (Lipinski definition) is 3. The zero-order chi connectivity index (χ0) is 11.7. The molecule has 0 saturated heterocycles. The van der Waals surface area contributed by atoms with Crippen LogP contribution in [0.2, 0.25) is 0 Å². The molecule has 17 heavy (non-hydrogen) atoms. The van der Waals surface area contributed by atoms with Gasteiger partial charge in [-0.1, -0.05) is 19.3 Å². The Morgan fingerprint density at radius 2 is 2.24 bits per heavy atom. The number of fused-ring (bicyclic) bond motifs is 1. The highest BCUT2D eigenvalue weighted by Gasteiger charge is 2.31. The quantitative estimate of drug-likeness (QED) is 0.636. The van der Waals surface area contributed by atoms with E-state index in [9.17, 15) is 0 Å². The maximum Gasteiger partial charge on any atom is 0.0282 e. The highest BCUT2D eigenvalue weighted by atomic mass is 32.1. The van der Waals surface area contributed by atoms with Crippen LogP contribution in [0.15, 0.2) is 11.4 Å². The van der Waals surface area contributed by atoms with Gasteiger partial charge in [-0.2, -0.15) is 0 Å². The van der Waals surface area contributed by atoms with Crippen molar-refractivity contribution in [2.45, 2.75) is 56.9 Å². The standard InChI is InChI=1S/C14H22N2S/c15-16-13(9-10-3-1-4-10)11-5-2-6-14-12(11)7-8-17-14/h7-8,10-11,13,16H,1-6,9,15H2. The van der Waals surface area contributed by atoms with Crippen LogP contribution in [0.3, 0.4) is 0 Å². The van der Waals surface area contributed by atoms with E-state index < -0.39 is 0 Å². The van der Waals surface area contributed by atoms with Crippen molar-refractivity contribution in [2.24, 2.45) is 11.8 Å². The summed E-state index contributed by atoms with van der Waals surface area (Å²) >= 11 is 1.93. The lowest BCUT2D eigenvalue weighted by atomic mass is 9.74. The third kappa shape index (κ3) is 2.28. The molecule has 2 aliphatic carbocycles. The van der Waals surface area contributed by atoms with Gasteiger partial charge in [0, 0.05) is 16.8 Å². The fraction of sp³-hybridized carbons (Fsp3) is 0.714. The minimum Gasteiger partial charge on any atom is -0.271 e. The van der Waals surface area contributed by atoms with Gasteiger partial charge in [0.25, 0.3) is 0 Å². The molecule has 2 aliphatic rings. The van der Waals surface area contributed by atoms with Crippen molar-refractivity contribution in [1.29, 1.82) is 0 Å². The molecule has 1 saturated carbocycles. The predicted octanol–water partition coefficient (Wildman–Crippen LogP) is 3.19. The lowest BCUT2D eigenvalue weighted by Gasteiger charge is -2.35. The third-order valence-corrected chi connectivity index (χ3v) is 5.61. The topological polar surface area (TPSA) is 38.0 Å². The minimum atomic E-state index is 0.494. The van der Waals surface area contributed by atoms with E-state index in [-0.39, 0.29) is 0 Å². The maximum atomic E-state index is 5.81. The average molecular weight is 250 g/mol. The number of rotatable bonds is 4. The van der Waals surface area contributed by atoms with Gasteiger partial charge >= 0.3 is 0 Å². The van der Waals surface area contributed by atoms with Gasteiger partial charge in [-0.25, -0.2) is 0 Å². The van der Waals surface area contributed by atoms with Crippen LogP contribution in [0.4, 0.5) is 0 Å². The normalized spacial score (nSPS) is 26.3. The van der Waals surface area contributed by atoms with Gasteiger partial charge in [0.1, 0.15) is 0 Å². The van der Waals surface area contributed by atoms with E-state index in [0.29, 0.717) is 12.0 Å². The summed E-state index contributed by atoms with van der Waals surface area (Å²) in [6.07, 6.45) is 9.46. The molecule has 2 unspecified atom stereocenters. The molecule has 2 nitrogen and oxygen atoms in total. The van der Waals surface area contributed by atoms with Gasteiger partial charge in [-0.3, -0.25) is 11.3 Å². The Labute approximate surface area is 108 Å². The SMILES string of the molecule is NNC(CC1CCC1)C1CCCc2sccc21. The zero-order valence-corrected chi connectivity index (χ0v) is 11.1. The maximum absolute atomic E-state index is 5.81. The van der Waals surface area contributed by atoms with Crippen molar-refractivity contribution in [3.05, 3.63) is 21.9 Å². The largest absolute Gasteiger partial charge is 0.271 e. The molecule has 3 heteroatoms. The Morgan fingerprint density at radius 3 is 2.94 bits per heavy atom. The van der Waals surface area contributed by atoms with E-state index in [1.807, 2.05) is 11.3 Å². The molecule has 0 bridgehead atoms. The Hall–Kier alpha value is -0.380. The third-order valence-electron chi connectivity index (χ3n) is 4.61. The number of hydrazine groups is 1. The molecular weight excluding hydrogens is 228 g/mol. The van der Waals surface area contributed by atoms with Gasteiger partial charge < -0.3 is 0 Å². The molecular formula is C14H22N2S. The molecule has 0 radical (unpaired) electrons. The number of hydrogen-bond donors (Lipinski definition) is 2. The molecule has 1 heterocycles. The number of thiophene rings is 1. The molecule has 3 N–H and O–H groups in total. The first-order valence-corrected chi connectivity index (χ1v) is 7.79. The number of aryl methyl sites for hydroxylation is 1. The summed E-state index contributed by atoms with van der Waals surface area (Å²) in [5.74, 6) is 7.40. The first-order valence-electron chi connectivity index (χ1n) is 6.91. The first-order chi connectivity index (χ1) is 8.38. The average Bonchev–Trinajstić information content (AvgIpc) is 2.76. The first kappa shape index (κ1) is 11.7. The van der Waals surface area contributed by atoms with Crippen LogP contribution >= 0.6 is 11.3 Å². The van der Waals surface area contributed by atoms with Crippen LogP contribution in [0.25, 0.3) is 0 Å². The molecule has 0 aliphatic heterocycles. The molecule has 0 aromatic carbocycles. The van der Waals surface area contributed by atoms with E-state index in [4.69, 9.17) is 5.84 Å². The summed E-state index contributed by atoms with van der Waals surface area (Å²) in [6, 6.07) is 2.82. The highest BCUT2D eigenvalue weighted by Crippen LogP contribution is 2.40. The molecule has 0 spiro atoms. The monoisotopic (exact) mass is 250 g/mol. The Balaban J connectivity index is 1.73. The van der Waals surface area contributed by atoms with Crippen LogP contribution in [-0.2, 0) is 6.42 Å². The highest BCUT2D eigenvalue weighted by molar-refractivity contribution is 7.10. The van der Waals surface area contributed by atoms with Crippen molar-refractivity contribution < 1.29 is 0 Å². The van der Waals surface area contributed by atoms with Gasteiger partial charge in [0.05, 0.1) is 0 Å². The van der Waals surface area contributed by atoms with E-state index in [0.717, 1.165) is 5.92 Å². The fourth-order valence-corrected chi connectivity index (χ4v) is 4.37. The predicted molar refractivity (Wildman–Crippen MR) is 73.1 cm³/mol. The van der Waals surface area contributed by atoms with E-state index in [1.54, 1.807) is 10.4 Å². The summed E-state index contributed by atoms with van der Waals surface area (Å²) in [5, 5.41) is 2.25. The summed E-state index contributed by atoms with van der Waals surface area (Å²) in [7, 11) is 0. The molecule has 2 atom stereocenters. The molecule has 94 valence electrons. The van der Waals surface area contributed by atoms with Gasteiger partial charge in [0.15, 0.2) is 0 Å². The van der Waals surface area contributed by atoms with Crippen molar-refractivity contribution >= 4 is 11.3 Å². The van der Waals surface area contributed by atoms with Crippen molar-refractivity contribution in [3.63, 3.8) is 0 Å². The van der Waals surface area contributed by atoms with Gasteiger partial charge in [-0.15, -0.1) is 11.3 Å². The molecule has 0 amide bonds. The smallest absolute Gasteiger partial charge is 0.0282 e. The molecule has 3 rings (SSSR count). The second kappa shape index (κ2) is 5.09. The van der Waals surface area contributed by atoms with Crippen molar-refractivity contribution in [3.8, 4) is 0 Å². The van der Waals surface area contributed by atoms with Crippen LogP contribution in [0.5, 0.6) is 0 Å². The van der Waals surface area contributed by atoms with Crippen LogP contribution in [0, 0.1) is 5.92 Å². The summed E-state index contributed by atoms with van der Waals surface area (Å²) < 4.78 is 0. The molecule has 1 fully saturated rings. The Bertz CT molecular complexity index is 370. The van der Waals surface area contributed by atoms with Crippen LogP contribution in [-0.4, -0.2) is 6.04 Å². The van der Waals surface area contributed by atoms with Gasteiger partial charge in [0.2, 0.25) is 0 Å². The Morgan fingerprint density at radius 1 is 1.35 bits per heavy atom. The van der Waals surface area contributed by atoms with E-state index in [2.05, 4.69) is 16.9 Å². The summed E-state index contributed by atoms with van der Waals surface area (Å²) in [6.45, 7) is 0. The number of nitrogens with one attached hydrogen (secondary N) is 1. The molecule has 1 aromatic heterocycles. The van der Waals surface area contributed by atoms with Gasteiger partial charge in [-0.05, 0) is 48.6 Å². The second-order valence-electron chi connectivity index (χ2n) is 5.60. The Kier molecular flexibility index (Phi) is 3.50. The minimum absolute atomic E-state index is 0.494. The summed E-state index contributed by atoms with van der Waals surface area (Å²) in [4.78, 5) is 1.61. The van der Waals surface area contributed by atoms with E-state index in [1.165, 1.54) is 44.9 Å². The lowest BCUT2D eigenvalue weighted by Crippen LogP contribution is -2.42. The second-order valence-corrected chi connectivity index (χ2v) is 6.60. The van der Waals surface area contributed by atoms with E-state index >= 15 is 0 Å². The lowest BCUT2D eigenvalue weighted by molar-refractivity contribution is 0.238. The summed E-state index contributed by atoms with van der Waals surface area (Å²) in [5.41, 5.74) is 4.69. The fourth-order valence-electron chi connectivity index (χ4n) is 3.38. The van der Waals surface area contributed by atoms with Crippen LogP contribution in [0.1, 0.15) is 54.9 Å². The molecule has 1 aromatic rings.